The summed E-state index contributed by atoms with van der Waals surface area (Å²) in [6.45, 7) is 1.49. The molecule has 0 aliphatic carbocycles. The second-order valence-electron chi connectivity index (χ2n) is 7.33. The highest BCUT2D eigenvalue weighted by molar-refractivity contribution is 7.99. The number of hydrogen-bond acceptors (Lipinski definition) is 7. The molecule has 3 aromatic carbocycles. The molecule has 1 amide bonds. The van der Waals surface area contributed by atoms with Crippen LogP contribution in [0.15, 0.2) is 111 Å². The van der Waals surface area contributed by atoms with Crippen LogP contribution < -0.4 is 5.32 Å². The van der Waals surface area contributed by atoms with Crippen LogP contribution in [0.1, 0.15) is 32.5 Å². The summed E-state index contributed by atoms with van der Waals surface area (Å²) in [6, 6.07) is 27.0. The van der Waals surface area contributed by atoms with E-state index in [1.165, 1.54) is 30.0 Å². The Morgan fingerprint density at radius 3 is 2.03 bits per heavy atom. The number of hydrogen-bond donors (Lipinski definition) is 1. The van der Waals surface area contributed by atoms with Crippen molar-refractivity contribution in [1.82, 2.24) is 0 Å². The molecular weight excluding hydrogens is 480 g/mol. The maximum Gasteiger partial charge on any atom is 0.437 e. The van der Waals surface area contributed by atoms with Crippen molar-refractivity contribution < 1.29 is 19.2 Å². The Labute approximate surface area is 210 Å². The van der Waals surface area contributed by atoms with Crippen LogP contribution >= 0.6 is 23.1 Å². The van der Waals surface area contributed by atoms with E-state index in [0.717, 1.165) is 9.79 Å². The van der Waals surface area contributed by atoms with E-state index in [0.29, 0.717) is 21.7 Å². The van der Waals surface area contributed by atoms with Gasteiger partial charge >= 0.3 is 6.09 Å². The molecule has 1 aromatic heterocycles. The first-order valence-corrected chi connectivity index (χ1v) is 12.3. The smallest absolute Gasteiger partial charge is 0.297 e. The average Bonchev–Trinajstić information content (AvgIpc) is 3.43. The lowest BCUT2D eigenvalue weighted by molar-refractivity contribution is 0.103. The summed E-state index contributed by atoms with van der Waals surface area (Å²) in [6.07, 6.45) is -0.779. The van der Waals surface area contributed by atoms with Crippen LogP contribution in [0.5, 0.6) is 0 Å². The van der Waals surface area contributed by atoms with Crippen molar-refractivity contribution in [2.75, 3.05) is 5.32 Å². The standard InChI is InChI=1S/C27H20N2O4S2/c1-18(29-33-27(32)28-21-6-3-2-4-7-21)25(30)19-9-13-22(14-10-19)35-23-15-11-20(12-16-23)26(31)24-8-5-17-34-24/h2-17H,1H3,(H,28,32)/b29-18+. The topological polar surface area (TPSA) is 84.8 Å². The van der Waals surface area contributed by atoms with Crippen molar-refractivity contribution in [3.63, 3.8) is 0 Å². The van der Waals surface area contributed by atoms with Crippen LogP contribution in [0.4, 0.5) is 10.5 Å². The Morgan fingerprint density at radius 2 is 1.43 bits per heavy atom. The van der Waals surface area contributed by atoms with Crippen LogP contribution in [0.2, 0.25) is 0 Å². The van der Waals surface area contributed by atoms with Gasteiger partial charge in [-0.3, -0.25) is 19.7 Å². The number of nitrogens with one attached hydrogen (secondary N) is 1. The van der Waals surface area contributed by atoms with Crippen molar-refractivity contribution in [1.29, 1.82) is 0 Å². The van der Waals surface area contributed by atoms with Gasteiger partial charge in [0.15, 0.2) is 0 Å². The molecular formula is C27H20N2O4S2. The molecule has 1 heterocycles. The first-order chi connectivity index (χ1) is 17.0. The van der Waals surface area contributed by atoms with E-state index in [-0.39, 0.29) is 17.3 Å². The predicted octanol–water partition coefficient (Wildman–Crippen LogP) is 6.94. The number of amides is 1. The first-order valence-electron chi connectivity index (χ1n) is 10.6. The zero-order valence-corrected chi connectivity index (χ0v) is 20.3. The number of ketones is 2. The lowest BCUT2D eigenvalue weighted by Crippen LogP contribution is -2.15. The van der Waals surface area contributed by atoms with E-state index in [9.17, 15) is 14.4 Å². The Bertz CT molecular complexity index is 1350. The van der Waals surface area contributed by atoms with Crippen molar-refractivity contribution in [2.24, 2.45) is 5.16 Å². The van der Waals surface area contributed by atoms with Gasteiger partial charge in [0, 0.05) is 26.6 Å². The lowest BCUT2D eigenvalue weighted by atomic mass is 10.1. The molecule has 4 aromatic rings. The Balaban J connectivity index is 1.33. The fourth-order valence-electron chi connectivity index (χ4n) is 3.06. The fourth-order valence-corrected chi connectivity index (χ4v) is 4.56. The maximum absolute atomic E-state index is 12.6. The average molecular weight is 501 g/mol. The van der Waals surface area contributed by atoms with Gasteiger partial charge in [0.05, 0.1) is 4.88 Å². The molecule has 0 aliphatic rings. The third kappa shape index (κ3) is 6.53. The van der Waals surface area contributed by atoms with Crippen molar-refractivity contribution in [2.45, 2.75) is 16.7 Å². The van der Waals surface area contributed by atoms with Crippen LogP contribution in [-0.2, 0) is 4.84 Å². The minimum Gasteiger partial charge on any atom is -0.297 e. The molecule has 8 heteroatoms. The zero-order chi connectivity index (χ0) is 24.6. The van der Waals surface area contributed by atoms with Crippen molar-refractivity contribution in [3.05, 3.63) is 112 Å². The summed E-state index contributed by atoms with van der Waals surface area (Å²) in [7, 11) is 0. The fraction of sp³-hybridized carbons (Fsp3) is 0.0370. The number of anilines is 1. The number of para-hydroxylation sites is 1. The van der Waals surface area contributed by atoms with Gasteiger partial charge in [0.25, 0.3) is 0 Å². The summed E-state index contributed by atoms with van der Waals surface area (Å²) in [5, 5.41) is 8.06. The van der Waals surface area contributed by atoms with Gasteiger partial charge in [-0.1, -0.05) is 41.2 Å². The number of thiophene rings is 1. The molecule has 0 saturated carbocycles. The van der Waals surface area contributed by atoms with Gasteiger partial charge in [-0.05, 0) is 79.0 Å². The number of carbonyl (C=O) groups excluding carboxylic acids is 3. The van der Waals surface area contributed by atoms with Crippen LogP contribution in [0.3, 0.4) is 0 Å². The van der Waals surface area contributed by atoms with Crippen LogP contribution in [0, 0.1) is 0 Å². The zero-order valence-electron chi connectivity index (χ0n) is 18.6. The molecule has 0 aliphatic heterocycles. The number of benzene rings is 3. The molecule has 174 valence electrons. The number of carbonyl (C=O) groups is 3. The van der Waals surface area contributed by atoms with Gasteiger partial charge in [-0.25, -0.2) is 4.79 Å². The molecule has 0 atom stereocenters. The second kappa shape index (κ2) is 11.4. The third-order valence-corrected chi connectivity index (χ3v) is 6.71. The summed E-state index contributed by atoms with van der Waals surface area (Å²) >= 11 is 2.95. The van der Waals surface area contributed by atoms with Crippen molar-refractivity contribution >= 4 is 52.2 Å². The lowest BCUT2D eigenvalue weighted by Gasteiger charge is -2.05. The Morgan fingerprint density at radius 1 is 0.800 bits per heavy atom. The Kier molecular flexibility index (Phi) is 7.87. The van der Waals surface area contributed by atoms with Gasteiger partial charge in [-0.15, -0.1) is 11.3 Å². The SMILES string of the molecule is C/C(=N\OC(=O)Nc1ccccc1)C(=O)c1ccc(Sc2ccc(C(=O)c3cccs3)cc2)cc1. The van der Waals surface area contributed by atoms with Crippen molar-refractivity contribution in [3.8, 4) is 0 Å². The van der Waals surface area contributed by atoms with E-state index >= 15 is 0 Å². The monoisotopic (exact) mass is 500 g/mol. The quantitative estimate of drug-likeness (QED) is 0.123. The van der Waals surface area contributed by atoms with Gasteiger partial charge < -0.3 is 0 Å². The summed E-state index contributed by atoms with van der Waals surface area (Å²) in [5.41, 5.74) is 1.69. The summed E-state index contributed by atoms with van der Waals surface area (Å²) in [4.78, 5) is 44.3. The minimum atomic E-state index is -0.779. The second-order valence-corrected chi connectivity index (χ2v) is 9.43. The summed E-state index contributed by atoms with van der Waals surface area (Å²) < 4.78 is 0. The molecule has 4 rings (SSSR count). The molecule has 0 bridgehead atoms. The van der Waals surface area contributed by atoms with E-state index in [2.05, 4.69) is 10.5 Å². The Hall–Kier alpha value is -4.01. The van der Waals surface area contributed by atoms with Crippen LogP contribution in [-0.4, -0.2) is 23.4 Å². The van der Waals surface area contributed by atoms with Gasteiger partial charge in [0.1, 0.15) is 5.71 Å². The highest BCUT2D eigenvalue weighted by Crippen LogP contribution is 2.28. The first kappa shape index (κ1) is 24.1. The normalized spacial score (nSPS) is 11.1. The number of rotatable bonds is 8. The molecule has 0 unspecified atom stereocenters. The molecule has 0 radical (unpaired) electrons. The molecule has 1 N–H and O–H groups in total. The number of Topliss-reactive ketones (excluding diaryl/α,β-unsaturated/α-hetero) is 1. The highest BCUT2D eigenvalue weighted by Gasteiger charge is 2.13. The maximum atomic E-state index is 12.6. The van der Waals surface area contributed by atoms with Gasteiger partial charge in [-0.2, -0.15) is 0 Å². The largest absolute Gasteiger partial charge is 0.437 e. The van der Waals surface area contributed by atoms with E-state index in [1.807, 2.05) is 60.0 Å². The highest BCUT2D eigenvalue weighted by atomic mass is 32.2. The third-order valence-electron chi connectivity index (χ3n) is 4.83. The van der Waals surface area contributed by atoms with E-state index in [1.54, 1.807) is 36.4 Å². The predicted molar refractivity (Wildman–Crippen MR) is 139 cm³/mol. The molecule has 35 heavy (non-hydrogen) atoms. The number of nitrogens with zero attached hydrogens (tertiary/aromatic N) is 1. The molecule has 6 nitrogen and oxygen atoms in total. The number of oxime groups is 1. The van der Waals surface area contributed by atoms with Crippen LogP contribution in [0.25, 0.3) is 0 Å². The minimum absolute atomic E-state index is 0.0120. The van der Waals surface area contributed by atoms with E-state index < -0.39 is 6.09 Å². The van der Waals surface area contributed by atoms with Gasteiger partial charge in [0.2, 0.25) is 11.6 Å². The van der Waals surface area contributed by atoms with E-state index in [4.69, 9.17) is 4.84 Å². The molecule has 0 fully saturated rings. The molecule has 0 spiro atoms. The summed E-state index contributed by atoms with van der Waals surface area (Å²) in [5.74, 6) is -0.330. The molecule has 0 saturated heterocycles.